The van der Waals surface area contributed by atoms with E-state index in [0.717, 1.165) is 18.4 Å². The Morgan fingerprint density at radius 2 is 1.54 bits per heavy atom. The monoisotopic (exact) mass is 632 g/mol. The van der Waals surface area contributed by atoms with Gasteiger partial charge in [0.05, 0.1) is 6.42 Å². The lowest BCUT2D eigenvalue weighted by Gasteiger charge is -2.35. The van der Waals surface area contributed by atoms with Crippen LogP contribution in [0.1, 0.15) is 51.7 Å². The number of carbonyl (C=O) groups excluding carboxylic acids is 2. The number of carbonyl (C=O) groups is 2. The van der Waals surface area contributed by atoms with Gasteiger partial charge in [-0.05, 0) is 47.6 Å². The van der Waals surface area contributed by atoms with Gasteiger partial charge in [0.1, 0.15) is 5.82 Å². The number of amides is 1. The first-order valence-electron chi connectivity index (χ1n) is 15.4. The molecule has 0 spiro atoms. The normalized spacial score (nSPS) is 16.1. The second-order valence-corrected chi connectivity index (χ2v) is 11.7. The first-order valence-corrected chi connectivity index (χ1v) is 15.4. The number of alkyl halides is 3. The molecular weight excluding hydrogens is 597 g/mol. The van der Waals surface area contributed by atoms with Gasteiger partial charge < -0.3 is 24.9 Å². The number of piperazine rings is 1. The number of oxazole rings is 1. The fourth-order valence-electron chi connectivity index (χ4n) is 6.08. The van der Waals surface area contributed by atoms with E-state index in [1.54, 1.807) is 28.0 Å². The van der Waals surface area contributed by atoms with Crippen LogP contribution in [0.25, 0.3) is 0 Å². The summed E-state index contributed by atoms with van der Waals surface area (Å²) >= 11 is 0. The molecular formula is C34H35F3N6O3. The first kappa shape index (κ1) is 31.1. The number of hydrogen-bond acceptors (Lipinski definition) is 8. The topological polar surface area (TPSA) is 109 Å². The molecule has 2 aromatic heterocycles. The SMILES string of the molecule is Nc1ccccc1CC(=O)N1CCN(c2ccc(CC(=O)c3oc(N4CCC(c5ccccc5)CC4)nc3C(F)(F)F)cn2)CC1. The summed E-state index contributed by atoms with van der Waals surface area (Å²) in [5.74, 6) is -0.630. The van der Waals surface area contributed by atoms with Crippen molar-refractivity contribution in [3.05, 3.63) is 101 Å². The molecule has 2 aliphatic rings. The van der Waals surface area contributed by atoms with Crippen molar-refractivity contribution in [1.29, 1.82) is 0 Å². The van der Waals surface area contributed by atoms with Crippen LogP contribution in [-0.4, -0.2) is 65.8 Å². The highest BCUT2D eigenvalue weighted by atomic mass is 19.4. The third-order valence-electron chi connectivity index (χ3n) is 8.70. The number of ketones is 1. The molecule has 2 aliphatic heterocycles. The Balaban J connectivity index is 1.06. The van der Waals surface area contributed by atoms with Crippen LogP contribution in [0.5, 0.6) is 0 Å². The van der Waals surface area contributed by atoms with Gasteiger partial charge in [0.2, 0.25) is 17.5 Å². The molecule has 4 heterocycles. The molecule has 0 aliphatic carbocycles. The van der Waals surface area contributed by atoms with E-state index >= 15 is 0 Å². The minimum absolute atomic E-state index is 0.00448. The van der Waals surface area contributed by atoms with Crippen molar-refractivity contribution in [1.82, 2.24) is 14.9 Å². The molecule has 6 rings (SSSR count). The summed E-state index contributed by atoms with van der Waals surface area (Å²) in [6, 6.07) is 20.5. The van der Waals surface area contributed by atoms with Gasteiger partial charge in [-0.15, -0.1) is 0 Å². The minimum atomic E-state index is -4.84. The number of benzene rings is 2. The number of nitrogens with zero attached hydrogens (tertiary/aromatic N) is 5. The van der Waals surface area contributed by atoms with Gasteiger partial charge >= 0.3 is 6.18 Å². The Labute approximate surface area is 264 Å². The zero-order chi connectivity index (χ0) is 32.3. The van der Waals surface area contributed by atoms with Crippen LogP contribution in [0.3, 0.4) is 0 Å². The van der Waals surface area contributed by atoms with Gasteiger partial charge in [0, 0.05) is 57.6 Å². The molecule has 12 heteroatoms. The van der Waals surface area contributed by atoms with Gasteiger partial charge in [-0.2, -0.15) is 18.2 Å². The van der Waals surface area contributed by atoms with E-state index in [9.17, 15) is 22.8 Å². The average molecular weight is 633 g/mol. The highest BCUT2D eigenvalue weighted by Gasteiger charge is 2.42. The van der Waals surface area contributed by atoms with Crippen LogP contribution in [-0.2, 0) is 23.8 Å². The first-order chi connectivity index (χ1) is 22.2. The van der Waals surface area contributed by atoms with E-state index in [2.05, 4.69) is 22.1 Å². The second kappa shape index (κ2) is 13.2. The molecule has 2 aromatic carbocycles. The van der Waals surface area contributed by atoms with Crippen molar-refractivity contribution in [3.8, 4) is 0 Å². The van der Waals surface area contributed by atoms with Crippen molar-refractivity contribution >= 4 is 29.2 Å². The Morgan fingerprint density at radius 3 is 2.20 bits per heavy atom. The third-order valence-corrected chi connectivity index (χ3v) is 8.70. The highest BCUT2D eigenvalue weighted by Crippen LogP contribution is 2.37. The van der Waals surface area contributed by atoms with Crippen molar-refractivity contribution in [2.45, 2.75) is 37.8 Å². The van der Waals surface area contributed by atoms with Gasteiger partial charge in [-0.1, -0.05) is 54.6 Å². The van der Waals surface area contributed by atoms with E-state index in [0.29, 0.717) is 62.3 Å². The van der Waals surface area contributed by atoms with Crippen LogP contribution in [0.15, 0.2) is 77.3 Å². The van der Waals surface area contributed by atoms with Gasteiger partial charge in [-0.3, -0.25) is 9.59 Å². The number of piperidine rings is 1. The van der Waals surface area contributed by atoms with Crippen LogP contribution in [0, 0.1) is 0 Å². The Kier molecular flexibility index (Phi) is 8.96. The van der Waals surface area contributed by atoms with E-state index in [1.807, 2.05) is 41.3 Å². The van der Waals surface area contributed by atoms with Crippen LogP contribution in [0.2, 0.25) is 0 Å². The number of rotatable bonds is 8. The van der Waals surface area contributed by atoms with Gasteiger partial charge in [-0.25, -0.2) is 4.98 Å². The van der Waals surface area contributed by atoms with Crippen molar-refractivity contribution in [2.75, 3.05) is 54.8 Å². The zero-order valence-electron chi connectivity index (χ0n) is 25.2. The number of nitrogens with two attached hydrogens (primary N) is 1. The molecule has 0 unspecified atom stereocenters. The van der Waals surface area contributed by atoms with Crippen molar-refractivity contribution in [3.63, 3.8) is 0 Å². The predicted molar refractivity (Wildman–Crippen MR) is 168 cm³/mol. The molecule has 2 saturated heterocycles. The van der Waals surface area contributed by atoms with Crippen LogP contribution in [0.4, 0.5) is 30.7 Å². The molecule has 0 saturated carbocycles. The van der Waals surface area contributed by atoms with Gasteiger partial charge in [0.15, 0.2) is 5.69 Å². The lowest BCUT2D eigenvalue weighted by atomic mass is 9.90. The molecule has 2 fully saturated rings. The van der Waals surface area contributed by atoms with Gasteiger partial charge in [0.25, 0.3) is 6.01 Å². The molecule has 1 amide bonds. The molecule has 46 heavy (non-hydrogen) atoms. The average Bonchev–Trinajstić information content (AvgIpc) is 3.54. The van der Waals surface area contributed by atoms with Crippen molar-refractivity contribution in [2.24, 2.45) is 0 Å². The molecule has 0 bridgehead atoms. The molecule has 9 nitrogen and oxygen atoms in total. The van der Waals surface area contributed by atoms with E-state index in [4.69, 9.17) is 10.2 Å². The maximum Gasteiger partial charge on any atom is 0.437 e. The minimum Gasteiger partial charge on any atom is -0.420 e. The number of aromatic nitrogens is 2. The number of anilines is 3. The summed E-state index contributed by atoms with van der Waals surface area (Å²) in [4.78, 5) is 39.6. The lowest BCUT2D eigenvalue weighted by molar-refractivity contribution is -0.141. The Bertz CT molecular complexity index is 1660. The summed E-state index contributed by atoms with van der Waals surface area (Å²) in [6.07, 6.45) is -1.95. The molecule has 0 radical (unpaired) electrons. The number of para-hydroxylation sites is 1. The second-order valence-electron chi connectivity index (χ2n) is 11.7. The van der Waals surface area contributed by atoms with Crippen molar-refractivity contribution < 1.29 is 27.2 Å². The smallest absolute Gasteiger partial charge is 0.420 e. The lowest BCUT2D eigenvalue weighted by Crippen LogP contribution is -2.49. The number of Topliss-reactive ketones (excluding diaryl/α,β-unsaturated/α-hetero) is 1. The summed E-state index contributed by atoms with van der Waals surface area (Å²) in [7, 11) is 0. The number of pyridine rings is 1. The molecule has 4 aromatic rings. The maximum absolute atomic E-state index is 13.9. The summed E-state index contributed by atoms with van der Waals surface area (Å²) < 4.78 is 47.3. The largest absolute Gasteiger partial charge is 0.437 e. The fraction of sp³-hybridized carbons (Fsp3) is 0.353. The predicted octanol–water partition coefficient (Wildman–Crippen LogP) is 5.37. The summed E-state index contributed by atoms with van der Waals surface area (Å²) in [5.41, 5.74) is 7.73. The third kappa shape index (κ3) is 7.00. The molecule has 0 atom stereocenters. The quantitative estimate of drug-likeness (QED) is 0.204. The van der Waals surface area contributed by atoms with E-state index < -0.39 is 23.4 Å². The van der Waals surface area contributed by atoms with E-state index in [1.165, 1.54) is 11.8 Å². The molecule has 240 valence electrons. The Morgan fingerprint density at radius 1 is 0.848 bits per heavy atom. The number of hydrogen-bond donors (Lipinski definition) is 1. The Hall–Kier alpha value is -4.87. The van der Waals surface area contributed by atoms with E-state index in [-0.39, 0.29) is 24.8 Å². The number of nitrogen functional groups attached to an aromatic ring is 1. The van der Waals surface area contributed by atoms with Crippen LogP contribution >= 0.6 is 0 Å². The maximum atomic E-state index is 13.9. The molecule has 2 N–H and O–H groups in total. The standard InChI is InChI=1S/C34H35F3N6O3/c35-34(36,37)32-31(46-33(40-32)43-14-12-25(13-15-43)24-6-2-1-3-7-24)28(44)20-23-10-11-29(39-22-23)41-16-18-42(19-17-41)30(45)21-26-8-4-5-9-27(26)38/h1-11,22,25H,12-21,38H2. The number of halogens is 3. The zero-order valence-corrected chi connectivity index (χ0v) is 25.2. The summed E-state index contributed by atoms with van der Waals surface area (Å²) in [6.45, 7) is 3.12. The highest BCUT2D eigenvalue weighted by molar-refractivity contribution is 5.96. The van der Waals surface area contributed by atoms with Crippen LogP contribution < -0.4 is 15.5 Å². The summed E-state index contributed by atoms with van der Waals surface area (Å²) in [5, 5.41) is 0. The fourth-order valence-corrected chi connectivity index (χ4v) is 6.08.